The van der Waals surface area contributed by atoms with Crippen LogP contribution in [0.15, 0.2) is 34.1 Å². The van der Waals surface area contributed by atoms with Crippen molar-refractivity contribution >= 4 is 62.7 Å². The Labute approximate surface area is 205 Å². The number of nitrogens with one attached hydrogen (secondary N) is 1. The summed E-state index contributed by atoms with van der Waals surface area (Å²) in [5.41, 5.74) is -0.0671. The topological polar surface area (TPSA) is 130 Å². The maximum atomic E-state index is 12.7. The molecule has 0 unspecified atom stereocenters. The molecule has 1 N–H and O–H groups in total. The van der Waals surface area contributed by atoms with Gasteiger partial charge in [0.05, 0.1) is 29.2 Å². The van der Waals surface area contributed by atoms with Crippen molar-refractivity contribution < 1.29 is 14.3 Å². The molecule has 0 bridgehead atoms. The molecule has 4 rings (SSSR count). The Kier molecular flexibility index (Phi) is 6.30. The van der Waals surface area contributed by atoms with Gasteiger partial charge in [0.25, 0.3) is 5.56 Å². The maximum absolute atomic E-state index is 12.7. The quantitative estimate of drug-likeness (QED) is 0.398. The van der Waals surface area contributed by atoms with Gasteiger partial charge in [0.2, 0.25) is 5.91 Å². The van der Waals surface area contributed by atoms with E-state index in [2.05, 4.69) is 15.3 Å². The first-order valence-corrected chi connectivity index (χ1v) is 11.1. The van der Waals surface area contributed by atoms with E-state index in [1.807, 2.05) is 0 Å². The Morgan fingerprint density at radius 3 is 2.56 bits per heavy atom. The van der Waals surface area contributed by atoms with E-state index in [1.54, 1.807) is 18.2 Å². The Balaban J connectivity index is 1.66. The number of amides is 1. The number of aromatic nitrogens is 5. The Morgan fingerprint density at radius 1 is 1.15 bits per heavy atom. The van der Waals surface area contributed by atoms with Crippen LogP contribution in [0.5, 0.6) is 0 Å². The molecule has 3 heterocycles. The minimum Gasteiger partial charge on any atom is -0.465 e. The summed E-state index contributed by atoms with van der Waals surface area (Å²) >= 11 is 13.0. The molecule has 0 atom stereocenters. The first kappa shape index (κ1) is 23.7. The number of rotatable bonds is 5. The highest BCUT2D eigenvalue weighted by molar-refractivity contribution is 7.18. The lowest BCUT2D eigenvalue weighted by molar-refractivity contribution is -0.116. The molecular formula is C20H16Cl2N6O5S. The average Bonchev–Trinajstić information content (AvgIpc) is 3.42. The fourth-order valence-electron chi connectivity index (χ4n) is 3.27. The number of thiazole rings is 1. The third-order valence-corrected chi connectivity index (χ3v) is 6.66. The fourth-order valence-corrected chi connectivity index (χ4v) is 4.49. The number of hydrogen-bond donors (Lipinski definition) is 1. The van der Waals surface area contributed by atoms with Gasteiger partial charge in [0, 0.05) is 19.7 Å². The Hall–Kier alpha value is -3.48. The number of carbonyl (C=O) groups is 2. The number of anilines is 1. The molecule has 176 valence electrons. The number of esters is 1. The van der Waals surface area contributed by atoms with E-state index in [0.29, 0.717) is 10.6 Å². The minimum absolute atomic E-state index is 0.102. The number of imidazole rings is 1. The van der Waals surface area contributed by atoms with Gasteiger partial charge in [-0.1, -0.05) is 40.6 Å². The highest BCUT2D eigenvalue weighted by atomic mass is 35.5. The van der Waals surface area contributed by atoms with Crippen molar-refractivity contribution in [1.82, 2.24) is 23.7 Å². The molecule has 0 saturated heterocycles. The van der Waals surface area contributed by atoms with Crippen LogP contribution in [0.4, 0.5) is 5.13 Å². The summed E-state index contributed by atoms with van der Waals surface area (Å²) in [6.07, 6.45) is 1.30. The van der Waals surface area contributed by atoms with Crippen molar-refractivity contribution in [2.24, 2.45) is 14.1 Å². The minimum atomic E-state index is -0.635. The van der Waals surface area contributed by atoms with Crippen molar-refractivity contribution in [2.45, 2.75) is 6.54 Å². The summed E-state index contributed by atoms with van der Waals surface area (Å²) in [5, 5.41) is 3.36. The van der Waals surface area contributed by atoms with E-state index in [4.69, 9.17) is 27.9 Å². The molecule has 4 aromatic rings. The van der Waals surface area contributed by atoms with Crippen LogP contribution in [-0.2, 0) is 30.2 Å². The van der Waals surface area contributed by atoms with Crippen LogP contribution in [0.1, 0.15) is 9.67 Å². The van der Waals surface area contributed by atoms with Gasteiger partial charge in [-0.3, -0.25) is 18.7 Å². The highest BCUT2D eigenvalue weighted by Gasteiger charge is 2.22. The van der Waals surface area contributed by atoms with E-state index in [0.717, 1.165) is 15.9 Å². The van der Waals surface area contributed by atoms with E-state index in [-0.39, 0.29) is 38.4 Å². The van der Waals surface area contributed by atoms with Crippen LogP contribution in [0.3, 0.4) is 0 Å². The van der Waals surface area contributed by atoms with Crippen molar-refractivity contribution in [1.29, 1.82) is 0 Å². The van der Waals surface area contributed by atoms with Gasteiger partial charge in [-0.15, -0.1) is 0 Å². The molecule has 0 aliphatic rings. The summed E-state index contributed by atoms with van der Waals surface area (Å²) in [7, 11) is 4.06. The van der Waals surface area contributed by atoms with E-state index in [1.165, 1.54) is 36.7 Å². The Morgan fingerprint density at radius 2 is 1.88 bits per heavy atom. The largest absolute Gasteiger partial charge is 0.465 e. The highest BCUT2D eigenvalue weighted by Crippen LogP contribution is 2.34. The summed E-state index contributed by atoms with van der Waals surface area (Å²) < 4.78 is 8.32. The predicted octanol–water partition coefficient (Wildman–Crippen LogP) is 2.29. The van der Waals surface area contributed by atoms with Gasteiger partial charge in [0.15, 0.2) is 16.3 Å². The second-order valence-corrected chi connectivity index (χ2v) is 8.93. The van der Waals surface area contributed by atoms with Gasteiger partial charge < -0.3 is 14.6 Å². The molecule has 0 saturated carbocycles. The van der Waals surface area contributed by atoms with E-state index in [9.17, 15) is 19.2 Å². The summed E-state index contributed by atoms with van der Waals surface area (Å²) in [6.45, 7) is -0.279. The van der Waals surface area contributed by atoms with Crippen molar-refractivity contribution in [3.8, 4) is 11.3 Å². The molecule has 1 amide bonds. The summed E-state index contributed by atoms with van der Waals surface area (Å²) in [4.78, 5) is 58.3. The molecular weight excluding hydrogens is 507 g/mol. The first-order valence-electron chi connectivity index (χ1n) is 9.57. The SMILES string of the molecule is COC(=O)c1sc(NC(=O)Cn2cnc3c2c(=O)n(C)c(=O)n3C)nc1-c1ccc(Cl)c(Cl)c1. The zero-order valence-electron chi connectivity index (χ0n) is 18.0. The van der Waals surface area contributed by atoms with Crippen LogP contribution in [0.25, 0.3) is 22.4 Å². The maximum Gasteiger partial charge on any atom is 0.350 e. The number of fused-ring (bicyclic) bond motifs is 1. The number of ether oxygens (including phenoxy) is 1. The first-order chi connectivity index (χ1) is 16.1. The van der Waals surface area contributed by atoms with Crippen molar-refractivity contribution in [2.75, 3.05) is 12.4 Å². The lowest BCUT2D eigenvalue weighted by Crippen LogP contribution is -2.37. The zero-order valence-corrected chi connectivity index (χ0v) is 20.3. The molecule has 11 nitrogen and oxygen atoms in total. The molecule has 34 heavy (non-hydrogen) atoms. The summed E-state index contributed by atoms with van der Waals surface area (Å²) in [5.74, 6) is -1.16. The molecule has 0 fully saturated rings. The molecule has 0 aliphatic carbocycles. The molecule has 0 spiro atoms. The van der Waals surface area contributed by atoms with Gasteiger partial charge in [0.1, 0.15) is 11.4 Å². The van der Waals surface area contributed by atoms with E-state index >= 15 is 0 Å². The Bertz CT molecular complexity index is 1580. The second kappa shape index (κ2) is 9.05. The van der Waals surface area contributed by atoms with Gasteiger partial charge in [-0.25, -0.2) is 19.6 Å². The average molecular weight is 523 g/mol. The fraction of sp³-hybridized carbons (Fsp3) is 0.200. The molecule has 1 aromatic carbocycles. The molecule has 3 aromatic heterocycles. The van der Waals surface area contributed by atoms with Crippen molar-refractivity contribution in [3.05, 3.63) is 60.3 Å². The van der Waals surface area contributed by atoms with Gasteiger partial charge in [-0.05, 0) is 12.1 Å². The van der Waals surface area contributed by atoms with Crippen LogP contribution in [0, 0.1) is 0 Å². The molecule has 0 aliphatic heterocycles. The molecule has 0 radical (unpaired) electrons. The lowest BCUT2D eigenvalue weighted by Gasteiger charge is -2.06. The smallest absolute Gasteiger partial charge is 0.350 e. The van der Waals surface area contributed by atoms with Crippen LogP contribution < -0.4 is 16.6 Å². The second-order valence-electron chi connectivity index (χ2n) is 7.12. The van der Waals surface area contributed by atoms with Crippen LogP contribution in [0.2, 0.25) is 10.0 Å². The molecule has 14 heteroatoms. The number of hydrogen-bond acceptors (Lipinski definition) is 8. The van der Waals surface area contributed by atoms with E-state index < -0.39 is 23.1 Å². The van der Waals surface area contributed by atoms with Crippen LogP contribution >= 0.6 is 34.5 Å². The van der Waals surface area contributed by atoms with Crippen molar-refractivity contribution in [3.63, 3.8) is 0 Å². The number of aryl methyl sites for hydroxylation is 1. The number of nitrogens with zero attached hydrogens (tertiary/aromatic N) is 5. The number of methoxy groups -OCH3 is 1. The summed E-state index contributed by atoms with van der Waals surface area (Å²) in [6, 6.07) is 4.75. The number of halogens is 2. The number of benzene rings is 1. The zero-order chi connectivity index (χ0) is 24.7. The van der Waals surface area contributed by atoms with Gasteiger partial charge >= 0.3 is 11.7 Å². The standard InChI is InChI=1S/C20H16Cl2N6O5S/c1-26-16-14(17(30)27(2)20(26)32)28(8-23-16)7-12(29)24-19-25-13(15(34-19)18(31)33-3)9-4-5-10(21)11(22)6-9/h4-6,8H,7H2,1-3H3,(H,24,25,29). The third kappa shape index (κ3) is 4.11. The monoisotopic (exact) mass is 522 g/mol. The predicted molar refractivity (Wildman–Crippen MR) is 128 cm³/mol. The third-order valence-electron chi connectivity index (χ3n) is 4.97. The normalized spacial score (nSPS) is 11.1. The van der Waals surface area contributed by atoms with Crippen LogP contribution in [-0.4, -0.2) is 42.7 Å². The lowest BCUT2D eigenvalue weighted by atomic mass is 10.1. The van der Waals surface area contributed by atoms with Gasteiger partial charge in [-0.2, -0.15) is 0 Å². The number of carbonyl (C=O) groups excluding carboxylic acids is 2.